The second-order valence-electron chi connectivity index (χ2n) is 6.37. The third-order valence-corrected chi connectivity index (χ3v) is 5.60. The first-order valence-electron chi connectivity index (χ1n) is 8.97. The van der Waals surface area contributed by atoms with Gasteiger partial charge in [-0.2, -0.15) is 0 Å². The fraction of sp³-hybridized carbons (Fsp3) is 0.190. The average molecular weight is 507 g/mol. The molecule has 0 spiro atoms. The number of amidine groups is 1. The number of hydrogen-bond donors (Lipinski definition) is 2. The Morgan fingerprint density at radius 2 is 1.97 bits per heavy atom. The number of rotatable bonds is 7. The van der Waals surface area contributed by atoms with Gasteiger partial charge in [0.15, 0.2) is 23.3 Å². The molecular weight excluding hydrogens is 488 g/mol. The predicted molar refractivity (Wildman–Crippen MR) is 122 cm³/mol. The molecule has 0 atom stereocenters. The zero-order valence-corrected chi connectivity index (χ0v) is 19.3. The number of ether oxygens (including phenoxy) is 3. The van der Waals surface area contributed by atoms with Crippen molar-refractivity contribution in [1.82, 2.24) is 5.32 Å². The van der Waals surface area contributed by atoms with Crippen LogP contribution in [0.3, 0.4) is 0 Å². The summed E-state index contributed by atoms with van der Waals surface area (Å²) in [5.41, 5.74) is 2.31. The van der Waals surface area contributed by atoms with Crippen molar-refractivity contribution in [3.8, 4) is 17.2 Å². The molecule has 2 N–H and O–H groups in total. The summed E-state index contributed by atoms with van der Waals surface area (Å²) in [6.45, 7) is 1.44. The molecule has 0 saturated carbocycles. The second kappa shape index (κ2) is 9.88. The minimum absolute atomic E-state index is 0.268. The Balaban J connectivity index is 1.88. The predicted octanol–water partition coefficient (Wildman–Crippen LogP) is 4.13. The molecule has 1 saturated heterocycles. The van der Waals surface area contributed by atoms with Crippen molar-refractivity contribution < 1.29 is 28.9 Å². The molecule has 31 heavy (non-hydrogen) atoms. The molecule has 162 valence electrons. The summed E-state index contributed by atoms with van der Waals surface area (Å²) in [4.78, 5) is 28.2. The van der Waals surface area contributed by atoms with Crippen LogP contribution in [0.2, 0.25) is 0 Å². The first-order chi connectivity index (χ1) is 14.8. The van der Waals surface area contributed by atoms with Crippen LogP contribution in [0.5, 0.6) is 17.2 Å². The van der Waals surface area contributed by atoms with Gasteiger partial charge in [-0.15, -0.1) is 0 Å². The van der Waals surface area contributed by atoms with E-state index in [4.69, 9.17) is 19.3 Å². The summed E-state index contributed by atoms with van der Waals surface area (Å²) < 4.78 is 16.4. The van der Waals surface area contributed by atoms with Crippen LogP contribution in [-0.2, 0) is 9.59 Å². The molecule has 2 aromatic carbocycles. The van der Waals surface area contributed by atoms with E-state index in [0.29, 0.717) is 37.3 Å². The summed E-state index contributed by atoms with van der Waals surface area (Å²) in [5, 5.41) is 12.0. The number of thioether (sulfide) groups is 1. The highest BCUT2D eigenvalue weighted by molar-refractivity contribution is 9.10. The molecule has 3 rings (SSSR count). The van der Waals surface area contributed by atoms with E-state index in [1.165, 1.54) is 18.9 Å². The summed E-state index contributed by atoms with van der Waals surface area (Å²) in [6, 6.07) is 8.98. The smallest absolute Gasteiger partial charge is 0.341 e. The summed E-state index contributed by atoms with van der Waals surface area (Å²) in [5.74, 6) is -0.169. The Bertz CT molecular complexity index is 1100. The van der Waals surface area contributed by atoms with Gasteiger partial charge in [0.05, 0.1) is 23.6 Å². The van der Waals surface area contributed by atoms with Crippen LogP contribution in [0.25, 0.3) is 6.08 Å². The van der Waals surface area contributed by atoms with E-state index in [-0.39, 0.29) is 11.7 Å². The molecule has 2 aromatic rings. The third-order valence-electron chi connectivity index (χ3n) is 4.10. The van der Waals surface area contributed by atoms with Crippen LogP contribution in [-0.4, -0.2) is 43.0 Å². The Kier molecular flexibility index (Phi) is 7.24. The number of carboxylic acid groups (broad SMARTS) is 1. The van der Waals surface area contributed by atoms with Gasteiger partial charge in [-0.25, -0.2) is 9.79 Å². The summed E-state index contributed by atoms with van der Waals surface area (Å²) >= 11 is 4.56. The number of carbonyl (C=O) groups excluding carboxylic acids is 1. The van der Waals surface area contributed by atoms with Crippen molar-refractivity contribution >= 4 is 56.5 Å². The molecule has 1 heterocycles. The van der Waals surface area contributed by atoms with Crippen LogP contribution in [0.15, 0.2) is 44.7 Å². The lowest BCUT2D eigenvalue weighted by molar-refractivity contribution is -0.139. The molecule has 0 unspecified atom stereocenters. The van der Waals surface area contributed by atoms with Gasteiger partial charge in [0.2, 0.25) is 0 Å². The van der Waals surface area contributed by atoms with Crippen LogP contribution < -0.4 is 19.5 Å². The summed E-state index contributed by atoms with van der Waals surface area (Å²) in [6.07, 6.45) is 1.68. The number of amides is 1. The number of nitrogens with zero attached hydrogens (tertiary/aromatic N) is 1. The van der Waals surface area contributed by atoms with Crippen LogP contribution in [0, 0.1) is 6.92 Å². The van der Waals surface area contributed by atoms with Crippen molar-refractivity contribution in [3.63, 3.8) is 0 Å². The lowest BCUT2D eigenvalue weighted by atomic mass is 10.2. The number of halogens is 1. The number of nitrogens with one attached hydrogen (secondary N) is 1. The highest BCUT2D eigenvalue weighted by Gasteiger charge is 2.25. The van der Waals surface area contributed by atoms with E-state index in [1.54, 1.807) is 25.3 Å². The standard InChI is InChI=1S/C21H19BrN2O6S/c1-11-4-5-15(28-2)14(6-11)23-21-24-20(27)17(31-21)9-12-7-13(22)19(16(8-12)29-3)30-10-18(25)26/h4-9H,10H2,1-3H3,(H,25,26)(H,23,24,27)/b17-9-. The Morgan fingerprint density at radius 3 is 2.65 bits per heavy atom. The molecule has 0 radical (unpaired) electrons. The van der Waals surface area contributed by atoms with Gasteiger partial charge in [0.1, 0.15) is 11.4 Å². The molecular formula is C21H19BrN2O6S. The van der Waals surface area contributed by atoms with Crippen LogP contribution in [0.4, 0.5) is 5.69 Å². The van der Waals surface area contributed by atoms with E-state index in [9.17, 15) is 9.59 Å². The molecule has 10 heteroatoms. The molecule has 8 nitrogen and oxygen atoms in total. The molecule has 1 aliphatic rings. The minimum atomic E-state index is -1.10. The highest BCUT2D eigenvalue weighted by Crippen LogP contribution is 2.38. The van der Waals surface area contributed by atoms with E-state index >= 15 is 0 Å². The van der Waals surface area contributed by atoms with Gasteiger partial charge in [-0.1, -0.05) is 6.07 Å². The van der Waals surface area contributed by atoms with E-state index in [1.807, 2.05) is 25.1 Å². The quantitative estimate of drug-likeness (QED) is 0.543. The zero-order valence-electron chi connectivity index (χ0n) is 16.9. The van der Waals surface area contributed by atoms with Crippen molar-refractivity contribution in [2.45, 2.75) is 6.92 Å². The Morgan fingerprint density at radius 1 is 1.23 bits per heavy atom. The molecule has 1 aliphatic heterocycles. The molecule has 0 aliphatic carbocycles. The fourth-order valence-corrected chi connectivity index (χ4v) is 4.13. The average Bonchev–Trinajstić information content (AvgIpc) is 3.05. The zero-order chi connectivity index (χ0) is 22.5. The summed E-state index contributed by atoms with van der Waals surface area (Å²) in [7, 11) is 3.01. The largest absolute Gasteiger partial charge is 0.494 e. The maximum atomic E-state index is 12.4. The number of carbonyl (C=O) groups is 2. The first-order valence-corrected chi connectivity index (χ1v) is 10.6. The van der Waals surface area contributed by atoms with Crippen molar-refractivity contribution in [2.75, 3.05) is 20.8 Å². The maximum Gasteiger partial charge on any atom is 0.341 e. The first kappa shape index (κ1) is 22.7. The van der Waals surface area contributed by atoms with Gasteiger partial charge >= 0.3 is 5.97 Å². The van der Waals surface area contributed by atoms with Gasteiger partial charge < -0.3 is 24.6 Å². The topological polar surface area (TPSA) is 106 Å². The third kappa shape index (κ3) is 5.59. The number of hydrogen-bond acceptors (Lipinski definition) is 7. The van der Waals surface area contributed by atoms with E-state index < -0.39 is 12.6 Å². The van der Waals surface area contributed by atoms with Gasteiger partial charge in [-0.3, -0.25) is 4.79 Å². The highest BCUT2D eigenvalue weighted by atomic mass is 79.9. The lowest BCUT2D eigenvalue weighted by Gasteiger charge is -2.12. The molecule has 0 bridgehead atoms. The molecule has 1 fully saturated rings. The fourth-order valence-electron chi connectivity index (χ4n) is 2.73. The molecule has 1 amide bonds. The van der Waals surface area contributed by atoms with Crippen LogP contribution >= 0.6 is 27.7 Å². The van der Waals surface area contributed by atoms with Gasteiger partial charge in [0.25, 0.3) is 5.91 Å². The number of benzene rings is 2. The van der Waals surface area contributed by atoms with E-state index in [2.05, 4.69) is 26.2 Å². The van der Waals surface area contributed by atoms with Crippen molar-refractivity contribution in [2.24, 2.45) is 4.99 Å². The normalized spacial score (nSPS) is 15.8. The van der Waals surface area contributed by atoms with E-state index in [0.717, 1.165) is 5.56 Å². The number of carboxylic acids is 1. The monoisotopic (exact) mass is 506 g/mol. The number of aryl methyl sites for hydroxylation is 1. The lowest BCUT2D eigenvalue weighted by Crippen LogP contribution is -2.19. The van der Waals surface area contributed by atoms with Gasteiger partial charge in [0, 0.05) is 0 Å². The van der Waals surface area contributed by atoms with Crippen molar-refractivity contribution in [3.05, 3.63) is 50.8 Å². The second-order valence-corrected chi connectivity index (χ2v) is 8.26. The number of aliphatic imine (C=N–C) groups is 1. The molecule has 0 aromatic heterocycles. The van der Waals surface area contributed by atoms with Gasteiger partial charge in [-0.05, 0) is 76.1 Å². The Labute approximate surface area is 191 Å². The number of methoxy groups -OCH3 is 2. The van der Waals surface area contributed by atoms with Crippen LogP contribution in [0.1, 0.15) is 11.1 Å². The Hall–Kier alpha value is -2.98. The number of aliphatic carboxylic acids is 1. The minimum Gasteiger partial charge on any atom is -0.494 e. The SMILES string of the molecule is COc1ccc(C)cc1N=C1NC(=O)/C(=C/c2cc(Br)c(OCC(=O)O)c(OC)c2)S1. The maximum absolute atomic E-state index is 12.4. The van der Waals surface area contributed by atoms with Crippen molar-refractivity contribution in [1.29, 1.82) is 0 Å².